The highest BCUT2D eigenvalue weighted by Gasteiger charge is 2.41. The number of fused-ring (bicyclic) bond motifs is 1. The number of oxazole rings is 1. The van der Waals surface area contributed by atoms with Crippen molar-refractivity contribution in [1.29, 1.82) is 0 Å². The van der Waals surface area contributed by atoms with Crippen LogP contribution in [0.1, 0.15) is 56.1 Å². The average molecular weight is 615 g/mol. The van der Waals surface area contributed by atoms with Crippen molar-refractivity contribution in [3.05, 3.63) is 70.4 Å². The van der Waals surface area contributed by atoms with Gasteiger partial charge in [-0.15, -0.1) is 0 Å². The van der Waals surface area contributed by atoms with Gasteiger partial charge in [-0.1, -0.05) is 37.6 Å². The van der Waals surface area contributed by atoms with Crippen molar-refractivity contribution in [2.75, 3.05) is 32.3 Å². The Kier molecular flexibility index (Phi) is 9.98. The molecule has 12 heteroatoms. The number of anilines is 1. The Bertz CT molecular complexity index is 1490. The van der Waals surface area contributed by atoms with E-state index >= 15 is 0 Å². The van der Waals surface area contributed by atoms with E-state index in [1.807, 2.05) is 19.9 Å². The number of aromatic nitrogens is 1. The van der Waals surface area contributed by atoms with Gasteiger partial charge in [0.05, 0.1) is 39.9 Å². The molecule has 0 spiro atoms. The van der Waals surface area contributed by atoms with Crippen molar-refractivity contribution < 1.29 is 42.9 Å². The van der Waals surface area contributed by atoms with Crippen LogP contribution in [0.15, 0.2) is 47.0 Å². The number of ether oxygens (including phenoxy) is 4. The molecule has 0 radical (unpaired) electrons. The molecule has 2 heterocycles. The smallest absolute Gasteiger partial charge is 0.303 e. The van der Waals surface area contributed by atoms with Crippen LogP contribution in [-0.2, 0) is 36.7 Å². The highest BCUT2D eigenvalue weighted by molar-refractivity contribution is 6.30. The molecule has 0 saturated carbocycles. The van der Waals surface area contributed by atoms with Crippen LogP contribution in [0.3, 0.4) is 0 Å². The molecule has 0 saturated heterocycles. The molecule has 0 unspecified atom stereocenters. The van der Waals surface area contributed by atoms with Gasteiger partial charge >= 0.3 is 11.9 Å². The van der Waals surface area contributed by atoms with Crippen LogP contribution < -0.4 is 14.4 Å². The lowest BCUT2D eigenvalue weighted by molar-refractivity contribution is -0.144. The monoisotopic (exact) mass is 614 g/mol. The average Bonchev–Trinajstić information content (AvgIpc) is 3.39. The van der Waals surface area contributed by atoms with Crippen LogP contribution in [-0.4, -0.2) is 61.4 Å². The zero-order chi connectivity index (χ0) is 31.3. The van der Waals surface area contributed by atoms with Crippen molar-refractivity contribution in [1.82, 2.24) is 4.98 Å². The topological polar surface area (TPSA) is 138 Å². The number of aryl methyl sites for hydroxylation is 1. The molecular formula is C31H35ClN2O9. The van der Waals surface area contributed by atoms with Gasteiger partial charge in [-0.25, -0.2) is 4.98 Å². The number of amides is 1. The Hall–Kier alpha value is -4.09. The Morgan fingerprint density at radius 1 is 1.14 bits per heavy atom. The number of halogens is 1. The van der Waals surface area contributed by atoms with Gasteiger partial charge in [0.2, 0.25) is 0 Å². The molecule has 230 valence electrons. The minimum Gasteiger partial charge on any atom is -0.493 e. The van der Waals surface area contributed by atoms with Crippen molar-refractivity contribution in [3.63, 3.8) is 0 Å². The first-order chi connectivity index (χ1) is 20.4. The van der Waals surface area contributed by atoms with Crippen molar-refractivity contribution in [3.8, 4) is 11.5 Å². The van der Waals surface area contributed by atoms with Gasteiger partial charge in [-0.05, 0) is 24.3 Å². The molecule has 1 N–H and O–H groups in total. The second-order valence-electron chi connectivity index (χ2n) is 11.0. The van der Waals surface area contributed by atoms with E-state index in [9.17, 15) is 14.4 Å². The maximum atomic E-state index is 14.3. The number of para-hydroxylation sites is 1. The van der Waals surface area contributed by atoms with E-state index < -0.39 is 29.6 Å². The number of methoxy groups -OCH3 is 2. The van der Waals surface area contributed by atoms with Crippen LogP contribution in [0.25, 0.3) is 0 Å². The number of rotatable bonds is 12. The SMILES string of the molecule is COc1cccc([C@H]2O[C@H](Cc3ncc(CCC(=O)O)o3)C(=O)N(CC(C)(C)COC(C)=O)c3ccc(Cl)cc32)c1OC. The van der Waals surface area contributed by atoms with E-state index in [0.717, 1.165) is 0 Å². The minimum absolute atomic E-state index is 0.0305. The molecular weight excluding hydrogens is 580 g/mol. The van der Waals surface area contributed by atoms with Crippen LogP contribution in [0.4, 0.5) is 5.69 Å². The van der Waals surface area contributed by atoms with Crippen molar-refractivity contribution in [2.45, 2.75) is 52.2 Å². The standard InChI is InChI=1S/C31H35ClN2O9/c1-18(35)41-17-31(2,3)16-34-23-11-9-19(32)13-22(23)28(21-7-6-8-24(39-4)29(21)40-5)43-25(30(34)38)14-26-33-15-20(42-26)10-12-27(36)37/h6-9,11,13,15,25,28H,10,12,14,16-17H2,1-5H3,(H,36,37)/t25-,28-/m1/s1. The summed E-state index contributed by atoms with van der Waals surface area (Å²) in [5, 5.41) is 9.47. The lowest BCUT2D eigenvalue weighted by atomic mass is 9.92. The van der Waals surface area contributed by atoms with Gasteiger partial charge in [-0.3, -0.25) is 14.4 Å². The number of carboxylic acids is 1. The summed E-state index contributed by atoms with van der Waals surface area (Å²) in [7, 11) is 3.05. The van der Waals surface area contributed by atoms with E-state index in [1.165, 1.54) is 27.3 Å². The molecule has 1 aromatic heterocycles. The lowest BCUT2D eigenvalue weighted by Crippen LogP contribution is -2.46. The molecule has 2 atom stereocenters. The van der Waals surface area contributed by atoms with E-state index in [-0.39, 0.29) is 44.2 Å². The normalized spacial score (nSPS) is 16.8. The maximum absolute atomic E-state index is 14.3. The second kappa shape index (κ2) is 13.5. The fourth-order valence-corrected chi connectivity index (χ4v) is 5.13. The first-order valence-corrected chi connectivity index (χ1v) is 14.1. The number of benzene rings is 2. The lowest BCUT2D eigenvalue weighted by Gasteiger charge is -2.33. The zero-order valence-electron chi connectivity index (χ0n) is 24.7. The van der Waals surface area contributed by atoms with Gasteiger partial charge in [0.1, 0.15) is 18.0 Å². The third-order valence-electron chi connectivity index (χ3n) is 6.92. The van der Waals surface area contributed by atoms with Gasteiger partial charge < -0.3 is 33.4 Å². The Labute approximate surface area is 254 Å². The number of nitrogens with zero attached hydrogens (tertiary/aromatic N) is 2. The number of hydrogen-bond acceptors (Lipinski definition) is 9. The summed E-state index contributed by atoms with van der Waals surface area (Å²) in [5.74, 6) is -0.223. The molecule has 2 aromatic carbocycles. The predicted molar refractivity (Wildman–Crippen MR) is 157 cm³/mol. The number of esters is 1. The molecule has 1 amide bonds. The van der Waals surface area contributed by atoms with Crippen LogP contribution >= 0.6 is 11.6 Å². The summed E-state index contributed by atoms with van der Waals surface area (Å²) >= 11 is 6.50. The fourth-order valence-electron chi connectivity index (χ4n) is 4.94. The van der Waals surface area contributed by atoms with E-state index in [0.29, 0.717) is 39.1 Å². The summed E-state index contributed by atoms with van der Waals surface area (Å²) in [5.41, 5.74) is 1.16. The molecule has 4 rings (SSSR count). The predicted octanol–water partition coefficient (Wildman–Crippen LogP) is 5.02. The van der Waals surface area contributed by atoms with Crippen LogP contribution in [0, 0.1) is 5.41 Å². The van der Waals surface area contributed by atoms with Crippen molar-refractivity contribution >= 4 is 35.1 Å². The summed E-state index contributed by atoms with van der Waals surface area (Å²) < 4.78 is 29.0. The molecule has 1 aliphatic heterocycles. The van der Waals surface area contributed by atoms with E-state index in [4.69, 9.17) is 40.1 Å². The number of hydrogen-bond donors (Lipinski definition) is 1. The van der Waals surface area contributed by atoms with Gasteiger partial charge in [0.15, 0.2) is 17.4 Å². The molecule has 1 aliphatic rings. The zero-order valence-corrected chi connectivity index (χ0v) is 25.5. The first kappa shape index (κ1) is 31.8. The van der Waals surface area contributed by atoms with Crippen LogP contribution in [0.2, 0.25) is 5.02 Å². The number of carbonyl (C=O) groups excluding carboxylic acids is 2. The summed E-state index contributed by atoms with van der Waals surface area (Å²) in [4.78, 5) is 42.9. The quantitative estimate of drug-likeness (QED) is 0.277. The Balaban J connectivity index is 1.82. The number of aliphatic carboxylic acids is 1. The summed E-state index contributed by atoms with van der Waals surface area (Å²) in [6.07, 6.45) is -0.440. The highest BCUT2D eigenvalue weighted by Crippen LogP contribution is 2.45. The van der Waals surface area contributed by atoms with Gasteiger partial charge in [0.25, 0.3) is 5.91 Å². The van der Waals surface area contributed by atoms with E-state index in [2.05, 4.69) is 4.98 Å². The van der Waals surface area contributed by atoms with Crippen molar-refractivity contribution in [2.24, 2.45) is 5.41 Å². The largest absolute Gasteiger partial charge is 0.493 e. The Morgan fingerprint density at radius 3 is 2.58 bits per heavy atom. The molecule has 3 aromatic rings. The summed E-state index contributed by atoms with van der Waals surface area (Å²) in [6.45, 7) is 5.39. The third-order valence-corrected chi connectivity index (χ3v) is 7.15. The minimum atomic E-state index is -1.08. The molecule has 11 nitrogen and oxygen atoms in total. The number of carboxylic acid groups (broad SMARTS) is 1. The molecule has 43 heavy (non-hydrogen) atoms. The Morgan fingerprint density at radius 2 is 1.91 bits per heavy atom. The van der Waals surface area contributed by atoms with Gasteiger partial charge in [-0.2, -0.15) is 0 Å². The molecule has 0 aliphatic carbocycles. The van der Waals surface area contributed by atoms with Crippen LogP contribution in [0.5, 0.6) is 11.5 Å². The molecule has 0 bridgehead atoms. The first-order valence-electron chi connectivity index (χ1n) is 13.7. The highest BCUT2D eigenvalue weighted by atomic mass is 35.5. The molecule has 0 fully saturated rings. The van der Waals surface area contributed by atoms with E-state index in [1.54, 1.807) is 35.2 Å². The summed E-state index contributed by atoms with van der Waals surface area (Å²) in [6, 6.07) is 10.6. The third kappa shape index (κ3) is 7.66. The fraction of sp³-hybridized carbons (Fsp3) is 0.419. The number of carbonyl (C=O) groups is 3. The van der Waals surface area contributed by atoms with Gasteiger partial charge in [0, 0.05) is 47.1 Å². The maximum Gasteiger partial charge on any atom is 0.303 e. The second-order valence-corrected chi connectivity index (χ2v) is 11.4.